The topological polar surface area (TPSA) is 41.9 Å². The number of ether oxygens (including phenoxy) is 1. The predicted molar refractivity (Wildman–Crippen MR) is 110 cm³/mol. The Kier molecular flexibility index (Phi) is 5.85. The number of carbonyl (C=O) groups is 1. The average Bonchev–Trinajstić information content (AvgIpc) is 3.19. The lowest BCUT2D eigenvalue weighted by atomic mass is 9.88. The SMILES string of the molecule is COc1cc(F)ccc1C1SC(c2ccc(F)cc2)=NN1C(=O)C1CCCCC1. The van der Waals surface area contributed by atoms with E-state index in [2.05, 4.69) is 5.10 Å². The zero-order chi connectivity index (χ0) is 20.4. The highest BCUT2D eigenvalue weighted by atomic mass is 32.2. The lowest BCUT2D eigenvalue weighted by Gasteiger charge is -2.28. The number of amides is 1. The van der Waals surface area contributed by atoms with Crippen molar-refractivity contribution in [1.82, 2.24) is 5.01 Å². The zero-order valence-corrected chi connectivity index (χ0v) is 16.9. The van der Waals surface area contributed by atoms with E-state index in [0.717, 1.165) is 37.7 Å². The minimum absolute atomic E-state index is 0.0225. The maximum absolute atomic E-state index is 13.7. The van der Waals surface area contributed by atoms with Gasteiger partial charge in [0.25, 0.3) is 0 Å². The first-order chi connectivity index (χ1) is 14.1. The minimum atomic E-state index is -0.458. The zero-order valence-electron chi connectivity index (χ0n) is 16.1. The molecule has 1 amide bonds. The number of rotatable bonds is 4. The third-order valence-electron chi connectivity index (χ3n) is 5.38. The summed E-state index contributed by atoms with van der Waals surface area (Å²) >= 11 is 1.39. The summed E-state index contributed by atoms with van der Waals surface area (Å²) in [4.78, 5) is 13.3. The molecule has 1 aliphatic carbocycles. The molecule has 0 spiro atoms. The van der Waals surface area contributed by atoms with Gasteiger partial charge >= 0.3 is 0 Å². The molecule has 0 N–H and O–H groups in total. The van der Waals surface area contributed by atoms with E-state index in [0.29, 0.717) is 16.4 Å². The fourth-order valence-electron chi connectivity index (χ4n) is 3.83. The highest BCUT2D eigenvalue weighted by molar-refractivity contribution is 8.14. The Bertz CT molecular complexity index is 927. The Morgan fingerprint density at radius 3 is 2.45 bits per heavy atom. The van der Waals surface area contributed by atoms with Crippen molar-refractivity contribution >= 4 is 22.7 Å². The first-order valence-electron chi connectivity index (χ1n) is 9.74. The summed E-state index contributed by atoms with van der Waals surface area (Å²) in [5.41, 5.74) is 1.42. The van der Waals surface area contributed by atoms with E-state index < -0.39 is 11.2 Å². The van der Waals surface area contributed by atoms with Gasteiger partial charge in [0.1, 0.15) is 27.8 Å². The average molecular weight is 416 g/mol. The van der Waals surface area contributed by atoms with Gasteiger partial charge in [-0.2, -0.15) is 5.10 Å². The molecule has 1 saturated carbocycles. The number of thioether (sulfide) groups is 1. The molecule has 4 nitrogen and oxygen atoms in total. The normalized spacial score (nSPS) is 19.9. The number of methoxy groups -OCH3 is 1. The minimum Gasteiger partial charge on any atom is -0.496 e. The quantitative estimate of drug-likeness (QED) is 0.662. The van der Waals surface area contributed by atoms with E-state index in [1.165, 1.54) is 48.1 Å². The lowest BCUT2D eigenvalue weighted by Crippen LogP contribution is -2.33. The number of benzene rings is 2. The smallest absolute Gasteiger partial charge is 0.247 e. The number of nitrogens with zero attached hydrogens (tertiary/aromatic N) is 2. The Hall–Kier alpha value is -2.41. The standard InChI is InChI=1S/C22H22F2N2O2S/c1-28-19-13-17(24)11-12-18(19)22-26(21(27)15-5-3-2-4-6-15)25-20(29-22)14-7-9-16(23)10-8-14/h7-13,15,22H,2-6H2,1H3. The summed E-state index contributed by atoms with van der Waals surface area (Å²) in [6.45, 7) is 0. The molecule has 2 aromatic carbocycles. The lowest BCUT2D eigenvalue weighted by molar-refractivity contribution is -0.137. The third-order valence-corrected chi connectivity index (χ3v) is 6.59. The maximum Gasteiger partial charge on any atom is 0.247 e. The maximum atomic E-state index is 13.7. The Morgan fingerprint density at radius 1 is 1.07 bits per heavy atom. The summed E-state index contributed by atoms with van der Waals surface area (Å²) < 4.78 is 32.4. The van der Waals surface area contributed by atoms with Crippen LogP contribution in [0.3, 0.4) is 0 Å². The number of hydrogen-bond acceptors (Lipinski definition) is 4. The molecule has 0 bridgehead atoms. The molecule has 1 unspecified atom stereocenters. The van der Waals surface area contributed by atoms with E-state index >= 15 is 0 Å². The largest absolute Gasteiger partial charge is 0.496 e. The monoisotopic (exact) mass is 416 g/mol. The highest BCUT2D eigenvalue weighted by Crippen LogP contribution is 2.46. The van der Waals surface area contributed by atoms with Crippen molar-refractivity contribution < 1.29 is 18.3 Å². The molecule has 0 aromatic heterocycles. The number of carbonyl (C=O) groups excluding carboxylic acids is 1. The van der Waals surface area contributed by atoms with Gasteiger partial charge in [0, 0.05) is 23.1 Å². The molecule has 0 saturated heterocycles. The summed E-state index contributed by atoms with van der Waals surface area (Å²) in [5.74, 6) is -0.442. The molecule has 1 heterocycles. The van der Waals surface area contributed by atoms with E-state index in [4.69, 9.17) is 4.74 Å². The van der Waals surface area contributed by atoms with Gasteiger partial charge in [0.15, 0.2) is 0 Å². The van der Waals surface area contributed by atoms with Gasteiger partial charge in [-0.1, -0.05) is 31.0 Å². The molecule has 1 aliphatic heterocycles. The van der Waals surface area contributed by atoms with Crippen LogP contribution >= 0.6 is 11.8 Å². The summed E-state index contributed by atoms with van der Waals surface area (Å²) in [6, 6.07) is 10.3. The summed E-state index contributed by atoms with van der Waals surface area (Å²) in [7, 11) is 1.48. The second-order valence-electron chi connectivity index (χ2n) is 7.29. The number of hydrazone groups is 1. The van der Waals surface area contributed by atoms with Crippen LogP contribution in [0, 0.1) is 17.6 Å². The Balaban J connectivity index is 1.71. The van der Waals surface area contributed by atoms with Crippen LogP contribution in [0.2, 0.25) is 0 Å². The van der Waals surface area contributed by atoms with Gasteiger partial charge in [0.2, 0.25) is 5.91 Å². The van der Waals surface area contributed by atoms with Crippen LogP contribution in [0.25, 0.3) is 0 Å². The van der Waals surface area contributed by atoms with E-state index in [1.807, 2.05) is 0 Å². The van der Waals surface area contributed by atoms with Gasteiger partial charge < -0.3 is 4.74 Å². The number of hydrogen-bond donors (Lipinski definition) is 0. The molecule has 1 atom stereocenters. The van der Waals surface area contributed by atoms with Crippen LogP contribution in [0.5, 0.6) is 5.75 Å². The fraction of sp³-hybridized carbons (Fsp3) is 0.364. The van der Waals surface area contributed by atoms with Crippen molar-refractivity contribution in [2.45, 2.75) is 37.5 Å². The van der Waals surface area contributed by atoms with Gasteiger partial charge in [-0.15, -0.1) is 0 Å². The molecule has 152 valence electrons. The van der Waals surface area contributed by atoms with Crippen LogP contribution in [0.1, 0.15) is 48.6 Å². The second-order valence-corrected chi connectivity index (χ2v) is 8.36. The summed E-state index contributed by atoms with van der Waals surface area (Å²) in [5, 5.41) is 6.29. The third kappa shape index (κ3) is 4.15. The van der Waals surface area contributed by atoms with Crippen LogP contribution in [0.15, 0.2) is 47.6 Å². The molecule has 29 heavy (non-hydrogen) atoms. The van der Waals surface area contributed by atoms with E-state index in [-0.39, 0.29) is 17.6 Å². The van der Waals surface area contributed by atoms with Crippen LogP contribution in [0.4, 0.5) is 8.78 Å². The molecule has 1 fully saturated rings. The van der Waals surface area contributed by atoms with Gasteiger partial charge in [-0.3, -0.25) is 4.79 Å². The van der Waals surface area contributed by atoms with Crippen molar-refractivity contribution in [2.75, 3.05) is 7.11 Å². The Labute approximate surface area is 172 Å². The van der Waals surface area contributed by atoms with Crippen molar-refractivity contribution in [3.05, 3.63) is 65.2 Å². The molecular formula is C22H22F2N2O2S. The fourth-order valence-corrected chi connectivity index (χ4v) is 5.02. The molecule has 2 aromatic rings. The van der Waals surface area contributed by atoms with Crippen molar-refractivity contribution in [3.63, 3.8) is 0 Å². The van der Waals surface area contributed by atoms with E-state index in [9.17, 15) is 13.6 Å². The van der Waals surface area contributed by atoms with Crippen LogP contribution < -0.4 is 4.74 Å². The van der Waals surface area contributed by atoms with Gasteiger partial charge in [-0.05, 0) is 49.2 Å². The van der Waals surface area contributed by atoms with Crippen molar-refractivity contribution in [1.29, 1.82) is 0 Å². The predicted octanol–water partition coefficient (Wildman–Crippen LogP) is 5.49. The molecular weight excluding hydrogens is 394 g/mol. The van der Waals surface area contributed by atoms with Gasteiger partial charge in [0.05, 0.1) is 7.11 Å². The molecule has 4 rings (SSSR count). The van der Waals surface area contributed by atoms with Crippen molar-refractivity contribution in [3.8, 4) is 5.75 Å². The molecule has 2 aliphatic rings. The summed E-state index contributed by atoms with van der Waals surface area (Å²) in [6.07, 6.45) is 4.94. The first-order valence-corrected chi connectivity index (χ1v) is 10.6. The van der Waals surface area contributed by atoms with Crippen LogP contribution in [-0.2, 0) is 4.79 Å². The Morgan fingerprint density at radius 2 is 1.76 bits per heavy atom. The van der Waals surface area contributed by atoms with Crippen LogP contribution in [-0.4, -0.2) is 23.1 Å². The van der Waals surface area contributed by atoms with Gasteiger partial charge in [-0.25, -0.2) is 13.8 Å². The molecule has 0 radical (unpaired) electrons. The highest BCUT2D eigenvalue weighted by Gasteiger charge is 2.38. The van der Waals surface area contributed by atoms with Crippen molar-refractivity contribution in [2.24, 2.45) is 11.0 Å². The number of halogens is 2. The van der Waals surface area contributed by atoms with E-state index in [1.54, 1.807) is 18.2 Å². The molecule has 7 heteroatoms. The second kappa shape index (κ2) is 8.53. The first kappa shape index (κ1) is 19.9.